The van der Waals surface area contributed by atoms with E-state index < -0.39 is 0 Å². The first-order valence-electron chi connectivity index (χ1n) is 18.4. The number of hydrogen-bond donors (Lipinski definition) is 0. The fraction of sp³-hybridized carbons (Fsp3) is 0. The van der Waals surface area contributed by atoms with Gasteiger partial charge in [-0.05, 0) is 71.4 Å². The monoisotopic (exact) mass is 720 g/mol. The van der Waals surface area contributed by atoms with Crippen molar-refractivity contribution in [3.63, 3.8) is 0 Å². The fourth-order valence-corrected chi connectivity index (χ4v) is 9.42. The molecule has 0 saturated carbocycles. The summed E-state index contributed by atoms with van der Waals surface area (Å²) in [4.78, 5) is 15.9. The van der Waals surface area contributed by atoms with Crippen LogP contribution >= 0.6 is 11.3 Å². The Balaban J connectivity index is 1.22. The Morgan fingerprint density at radius 2 is 1.09 bits per heavy atom. The van der Waals surface area contributed by atoms with Crippen LogP contribution in [0.15, 0.2) is 174 Å². The Hall–Kier alpha value is -7.15. The molecule has 0 bridgehead atoms. The van der Waals surface area contributed by atoms with Gasteiger partial charge >= 0.3 is 0 Å². The summed E-state index contributed by atoms with van der Waals surface area (Å²) in [5, 5.41) is 9.17. The largest absolute Gasteiger partial charge is 0.456 e. The Bertz CT molecular complexity index is 3500. The van der Waals surface area contributed by atoms with Gasteiger partial charge in [-0.25, -0.2) is 15.0 Å². The Labute approximate surface area is 318 Å². The molecule has 0 spiro atoms. The van der Waals surface area contributed by atoms with Crippen LogP contribution in [0.5, 0.6) is 0 Å². The maximum absolute atomic E-state index is 6.55. The summed E-state index contributed by atoms with van der Waals surface area (Å²) in [5.41, 5.74) is 7.53. The molecule has 0 aliphatic carbocycles. The highest BCUT2D eigenvalue weighted by Crippen LogP contribution is 2.44. The van der Waals surface area contributed by atoms with Crippen molar-refractivity contribution >= 4 is 86.0 Å². The molecular formula is C49H28N4OS. The van der Waals surface area contributed by atoms with Gasteiger partial charge in [-0.2, -0.15) is 0 Å². The van der Waals surface area contributed by atoms with Gasteiger partial charge in [-0.1, -0.05) is 109 Å². The number of fused-ring (bicyclic) bond motifs is 10. The molecule has 0 aliphatic rings. The number of thiophene rings is 1. The first kappa shape index (κ1) is 30.3. The zero-order valence-corrected chi connectivity index (χ0v) is 30.1. The van der Waals surface area contributed by atoms with E-state index in [1.165, 1.54) is 41.7 Å². The Kier molecular flexibility index (Phi) is 6.44. The zero-order valence-electron chi connectivity index (χ0n) is 29.3. The van der Waals surface area contributed by atoms with E-state index in [4.69, 9.17) is 19.4 Å². The summed E-state index contributed by atoms with van der Waals surface area (Å²) in [6.45, 7) is 0. The number of rotatable bonds is 4. The van der Waals surface area contributed by atoms with Crippen LogP contribution in [0.1, 0.15) is 0 Å². The molecule has 0 fully saturated rings. The van der Waals surface area contributed by atoms with Crippen molar-refractivity contribution < 1.29 is 4.42 Å². The first-order valence-corrected chi connectivity index (χ1v) is 19.2. The topological polar surface area (TPSA) is 56.7 Å². The third-order valence-corrected chi connectivity index (χ3v) is 12.0. The summed E-state index contributed by atoms with van der Waals surface area (Å²) >= 11 is 1.81. The molecule has 4 heterocycles. The van der Waals surface area contributed by atoms with Crippen molar-refractivity contribution in [1.29, 1.82) is 0 Å². The molecule has 55 heavy (non-hydrogen) atoms. The van der Waals surface area contributed by atoms with Crippen LogP contribution in [-0.2, 0) is 0 Å². The van der Waals surface area contributed by atoms with Gasteiger partial charge in [0.1, 0.15) is 11.2 Å². The lowest BCUT2D eigenvalue weighted by Gasteiger charge is -2.16. The molecule has 0 N–H and O–H groups in total. The molecule has 8 aromatic carbocycles. The molecule has 0 aliphatic heterocycles. The highest BCUT2D eigenvalue weighted by atomic mass is 32.1. The van der Waals surface area contributed by atoms with E-state index in [0.29, 0.717) is 17.5 Å². The minimum Gasteiger partial charge on any atom is -0.456 e. The van der Waals surface area contributed by atoms with Crippen LogP contribution in [0.2, 0.25) is 0 Å². The van der Waals surface area contributed by atoms with Crippen molar-refractivity contribution in [1.82, 2.24) is 19.5 Å². The highest BCUT2D eigenvalue weighted by Gasteiger charge is 2.24. The quantitative estimate of drug-likeness (QED) is 0.182. The molecule has 0 saturated heterocycles. The minimum absolute atomic E-state index is 0.581. The summed E-state index contributed by atoms with van der Waals surface area (Å²) in [6, 6.07) is 59.7. The lowest BCUT2D eigenvalue weighted by molar-refractivity contribution is 0.669. The normalized spacial score (nSPS) is 12.0. The van der Waals surface area contributed by atoms with Crippen molar-refractivity contribution in [2.75, 3.05) is 0 Å². The van der Waals surface area contributed by atoms with Gasteiger partial charge < -0.3 is 8.98 Å². The summed E-state index contributed by atoms with van der Waals surface area (Å²) in [5.74, 6) is 1.81. The van der Waals surface area contributed by atoms with E-state index in [0.717, 1.165) is 55.3 Å². The van der Waals surface area contributed by atoms with E-state index in [2.05, 4.69) is 144 Å². The smallest absolute Gasteiger partial charge is 0.166 e. The number of hydrogen-bond acceptors (Lipinski definition) is 5. The number of para-hydroxylation sites is 2. The molecule has 0 amide bonds. The van der Waals surface area contributed by atoms with Crippen LogP contribution in [0, 0.1) is 0 Å². The second kappa shape index (κ2) is 11.7. The van der Waals surface area contributed by atoms with Crippen molar-refractivity contribution in [2.24, 2.45) is 0 Å². The maximum Gasteiger partial charge on any atom is 0.166 e. The number of benzene rings is 8. The summed E-state index contributed by atoms with van der Waals surface area (Å²) in [7, 11) is 0. The lowest BCUT2D eigenvalue weighted by Crippen LogP contribution is -2.04. The van der Waals surface area contributed by atoms with E-state index in [9.17, 15) is 0 Å². The molecule has 6 heteroatoms. The number of nitrogens with zero attached hydrogens (tertiary/aromatic N) is 4. The van der Waals surface area contributed by atoms with E-state index >= 15 is 0 Å². The molecule has 0 radical (unpaired) electrons. The zero-order chi connectivity index (χ0) is 36.0. The number of furan rings is 1. The number of aromatic nitrogens is 4. The molecule has 4 aromatic heterocycles. The minimum atomic E-state index is 0.581. The second-order valence-corrected chi connectivity index (χ2v) is 15.1. The van der Waals surface area contributed by atoms with Gasteiger partial charge in [-0.3, -0.25) is 0 Å². The van der Waals surface area contributed by atoms with Crippen LogP contribution in [0.3, 0.4) is 0 Å². The Morgan fingerprint density at radius 3 is 1.96 bits per heavy atom. The lowest BCUT2D eigenvalue weighted by atomic mass is 10.0. The standard InChI is InChI=1S/C49H28N4OS/c1-2-12-29(13-3-1)47-50-48(32-22-25-44-37(27-32)34-17-8-11-21-43(34)55-44)52-49(51-47)46-39(23-24-42-45(46)35-18-7-10-20-41(35)54-42)53-38-19-9-6-16-33(38)36-26-30-14-4-5-15-31(30)28-40(36)53/h1-28H. The van der Waals surface area contributed by atoms with Crippen molar-refractivity contribution in [3.8, 4) is 39.9 Å². The highest BCUT2D eigenvalue weighted by molar-refractivity contribution is 7.25. The average Bonchev–Trinajstić information content (AvgIpc) is 3.92. The third kappa shape index (κ3) is 4.62. The van der Waals surface area contributed by atoms with E-state index in [1.54, 1.807) is 11.3 Å². The van der Waals surface area contributed by atoms with Gasteiger partial charge in [0, 0.05) is 52.8 Å². The van der Waals surface area contributed by atoms with Gasteiger partial charge in [0.2, 0.25) is 0 Å². The first-order chi connectivity index (χ1) is 27.2. The SMILES string of the molecule is c1ccc(-c2nc(-c3ccc4sc5ccccc5c4c3)nc(-c3c(-n4c5ccccc5c5cc6ccccc6cc54)ccc4oc5ccccc5c34)n2)cc1. The molecule has 12 rings (SSSR count). The molecule has 12 aromatic rings. The second-order valence-electron chi connectivity index (χ2n) is 14.0. The summed E-state index contributed by atoms with van der Waals surface area (Å²) in [6.07, 6.45) is 0. The fourth-order valence-electron chi connectivity index (χ4n) is 8.33. The van der Waals surface area contributed by atoms with Crippen LogP contribution in [0.4, 0.5) is 0 Å². The molecule has 0 atom stereocenters. The van der Waals surface area contributed by atoms with Gasteiger partial charge in [0.25, 0.3) is 0 Å². The van der Waals surface area contributed by atoms with Crippen molar-refractivity contribution in [2.45, 2.75) is 0 Å². The van der Waals surface area contributed by atoms with Crippen LogP contribution in [-0.4, -0.2) is 19.5 Å². The third-order valence-electron chi connectivity index (χ3n) is 10.8. The molecule has 0 unspecified atom stereocenters. The molecule has 256 valence electrons. The molecular weight excluding hydrogens is 693 g/mol. The Morgan fingerprint density at radius 1 is 0.418 bits per heavy atom. The summed E-state index contributed by atoms with van der Waals surface area (Å²) < 4.78 is 11.4. The molecule has 5 nitrogen and oxygen atoms in total. The predicted molar refractivity (Wildman–Crippen MR) is 228 cm³/mol. The van der Waals surface area contributed by atoms with Gasteiger partial charge in [0.05, 0.1) is 22.3 Å². The maximum atomic E-state index is 6.55. The predicted octanol–water partition coefficient (Wildman–Crippen LogP) is 13.4. The van der Waals surface area contributed by atoms with Crippen LogP contribution < -0.4 is 0 Å². The van der Waals surface area contributed by atoms with E-state index in [1.807, 2.05) is 30.3 Å². The van der Waals surface area contributed by atoms with Gasteiger partial charge in [0.15, 0.2) is 17.5 Å². The average molecular weight is 721 g/mol. The van der Waals surface area contributed by atoms with Crippen molar-refractivity contribution in [3.05, 3.63) is 170 Å². The van der Waals surface area contributed by atoms with E-state index in [-0.39, 0.29) is 0 Å². The van der Waals surface area contributed by atoms with Crippen LogP contribution in [0.25, 0.3) is 115 Å². The van der Waals surface area contributed by atoms with Gasteiger partial charge in [-0.15, -0.1) is 11.3 Å².